The first-order valence-electron chi connectivity index (χ1n) is 16.0. The van der Waals surface area contributed by atoms with Crippen molar-refractivity contribution < 1.29 is 14.3 Å². The molecular weight excluding hydrogens is 590 g/mol. The molecule has 236 valence electrons. The van der Waals surface area contributed by atoms with Gasteiger partial charge in [0.05, 0.1) is 23.8 Å². The zero-order valence-corrected chi connectivity index (χ0v) is 26.1. The van der Waals surface area contributed by atoms with Gasteiger partial charge in [-0.05, 0) is 73.5 Å². The third-order valence-electron chi connectivity index (χ3n) is 8.24. The van der Waals surface area contributed by atoms with E-state index in [4.69, 9.17) is 14.7 Å². The first-order chi connectivity index (χ1) is 23.1. The molecule has 10 heteroatoms. The lowest BCUT2D eigenvalue weighted by molar-refractivity contribution is -0.128. The SMILES string of the molecule is CCCC(=O)Nc1cccc(-c2nc(N(c3ccccc3)c3ccc4[nH]ncc4c3)c3cc(OCCN4CCCC4=O)ccc3n2)c1. The lowest BCUT2D eigenvalue weighted by atomic mass is 10.1. The van der Waals surface area contributed by atoms with E-state index in [-0.39, 0.29) is 11.8 Å². The zero-order valence-electron chi connectivity index (χ0n) is 26.1. The molecule has 47 heavy (non-hydrogen) atoms. The summed E-state index contributed by atoms with van der Waals surface area (Å²) in [6.07, 6.45) is 4.52. The molecule has 0 unspecified atom stereocenters. The first-order valence-corrected chi connectivity index (χ1v) is 16.0. The summed E-state index contributed by atoms with van der Waals surface area (Å²) in [7, 11) is 0. The average Bonchev–Trinajstić information content (AvgIpc) is 3.74. The summed E-state index contributed by atoms with van der Waals surface area (Å²) in [5.74, 6) is 2.00. The van der Waals surface area contributed by atoms with Gasteiger partial charge in [0.25, 0.3) is 0 Å². The molecule has 0 atom stereocenters. The summed E-state index contributed by atoms with van der Waals surface area (Å²) < 4.78 is 6.18. The van der Waals surface area contributed by atoms with E-state index in [1.165, 1.54) is 0 Å². The normalized spacial score (nSPS) is 13.0. The Kier molecular flexibility index (Phi) is 8.46. The van der Waals surface area contributed by atoms with Crippen LogP contribution in [-0.2, 0) is 9.59 Å². The number of nitrogens with zero attached hydrogens (tertiary/aromatic N) is 5. The van der Waals surface area contributed by atoms with Gasteiger partial charge in [-0.15, -0.1) is 0 Å². The molecular formula is C37H35N7O3. The maximum Gasteiger partial charge on any atom is 0.224 e. The van der Waals surface area contributed by atoms with Crippen LogP contribution in [-0.4, -0.2) is 56.6 Å². The number of H-pyrrole nitrogens is 1. The molecule has 4 aromatic carbocycles. The second-order valence-electron chi connectivity index (χ2n) is 11.6. The fraction of sp³-hybridized carbons (Fsp3) is 0.216. The van der Waals surface area contributed by atoms with Crippen molar-refractivity contribution in [2.75, 3.05) is 29.9 Å². The highest BCUT2D eigenvalue weighted by atomic mass is 16.5. The first kappa shape index (κ1) is 29.9. The molecule has 3 heterocycles. The van der Waals surface area contributed by atoms with Crippen LogP contribution in [0.15, 0.2) is 97.2 Å². The van der Waals surface area contributed by atoms with Crippen molar-refractivity contribution in [3.63, 3.8) is 0 Å². The van der Waals surface area contributed by atoms with Gasteiger partial charge in [0.15, 0.2) is 5.82 Å². The van der Waals surface area contributed by atoms with Crippen LogP contribution in [0.2, 0.25) is 0 Å². The van der Waals surface area contributed by atoms with E-state index in [1.807, 2.05) is 96.8 Å². The number of rotatable bonds is 11. The van der Waals surface area contributed by atoms with Crippen LogP contribution in [0.5, 0.6) is 5.75 Å². The summed E-state index contributed by atoms with van der Waals surface area (Å²) in [4.78, 5) is 38.7. The van der Waals surface area contributed by atoms with E-state index in [1.54, 1.807) is 6.20 Å². The lowest BCUT2D eigenvalue weighted by Gasteiger charge is -2.26. The van der Waals surface area contributed by atoms with Gasteiger partial charge in [0.1, 0.15) is 18.2 Å². The predicted octanol–water partition coefficient (Wildman–Crippen LogP) is 7.38. The molecule has 0 aliphatic carbocycles. The number of nitrogens with one attached hydrogen (secondary N) is 2. The quantitative estimate of drug-likeness (QED) is 0.154. The summed E-state index contributed by atoms with van der Waals surface area (Å²) in [5, 5.41) is 12.0. The molecule has 2 N–H and O–H groups in total. The number of para-hydroxylation sites is 1. The van der Waals surface area contributed by atoms with Crippen LogP contribution in [0, 0.1) is 0 Å². The lowest BCUT2D eigenvalue weighted by Crippen LogP contribution is -2.29. The number of ether oxygens (including phenoxy) is 1. The number of fused-ring (bicyclic) bond motifs is 2. The topological polar surface area (TPSA) is 116 Å². The van der Waals surface area contributed by atoms with Gasteiger partial charge in [0, 0.05) is 52.8 Å². The van der Waals surface area contributed by atoms with Gasteiger partial charge < -0.3 is 15.0 Å². The fourth-order valence-electron chi connectivity index (χ4n) is 5.92. The van der Waals surface area contributed by atoms with Crippen LogP contribution in [0.1, 0.15) is 32.6 Å². The van der Waals surface area contributed by atoms with E-state index < -0.39 is 0 Å². The summed E-state index contributed by atoms with van der Waals surface area (Å²) in [5.41, 5.74) is 4.95. The number of carbonyl (C=O) groups excluding carboxylic acids is 2. The van der Waals surface area contributed by atoms with E-state index in [9.17, 15) is 9.59 Å². The minimum Gasteiger partial charge on any atom is -0.492 e. The van der Waals surface area contributed by atoms with Crippen molar-refractivity contribution in [3.8, 4) is 17.1 Å². The summed E-state index contributed by atoms with van der Waals surface area (Å²) >= 11 is 0. The highest BCUT2D eigenvalue weighted by Crippen LogP contribution is 2.40. The molecule has 0 spiro atoms. The van der Waals surface area contributed by atoms with Crippen LogP contribution >= 0.6 is 0 Å². The average molecular weight is 626 g/mol. The largest absolute Gasteiger partial charge is 0.492 e. The van der Waals surface area contributed by atoms with Crippen molar-refractivity contribution in [1.29, 1.82) is 0 Å². The molecule has 2 amide bonds. The molecule has 7 rings (SSSR count). The standard InChI is InChI=1S/C37H35N7O3/c1-2-8-34(45)39-27-10-6-9-25(21-27)36-40-33-17-15-30(47-20-19-43-18-7-13-35(43)46)23-31(33)37(41-36)44(28-11-4-3-5-12-28)29-14-16-32-26(22-29)24-38-42-32/h3-6,9-12,14-17,21-24H,2,7-8,13,18-20H2,1H3,(H,38,42)(H,39,45). The number of hydrogen-bond acceptors (Lipinski definition) is 7. The van der Waals surface area contributed by atoms with E-state index >= 15 is 0 Å². The number of anilines is 4. The molecule has 1 aliphatic rings. The fourth-order valence-corrected chi connectivity index (χ4v) is 5.92. The minimum atomic E-state index is -0.0312. The number of hydrogen-bond donors (Lipinski definition) is 2. The van der Waals surface area contributed by atoms with Crippen molar-refractivity contribution in [3.05, 3.63) is 97.2 Å². The maximum atomic E-state index is 12.4. The van der Waals surface area contributed by atoms with Crippen molar-refractivity contribution in [2.45, 2.75) is 32.6 Å². The molecule has 10 nitrogen and oxygen atoms in total. The third-order valence-corrected chi connectivity index (χ3v) is 8.24. The smallest absolute Gasteiger partial charge is 0.224 e. The Morgan fingerprint density at radius 3 is 2.70 bits per heavy atom. The number of aromatic amines is 1. The Morgan fingerprint density at radius 1 is 0.979 bits per heavy atom. The molecule has 0 radical (unpaired) electrons. The van der Waals surface area contributed by atoms with Crippen molar-refractivity contribution in [1.82, 2.24) is 25.1 Å². The Labute approximate surface area is 272 Å². The maximum absolute atomic E-state index is 12.4. The Bertz CT molecular complexity index is 2060. The highest BCUT2D eigenvalue weighted by Gasteiger charge is 2.22. The Hall–Kier alpha value is -5.77. The van der Waals surface area contributed by atoms with Gasteiger partial charge in [-0.1, -0.05) is 37.3 Å². The van der Waals surface area contributed by atoms with Crippen LogP contribution < -0.4 is 15.0 Å². The van der Waals surface area contributed by atoms with Crippen LogP contribution in [0.25, 0.3) is 33.2 Å². The van der Waals surface area contributed by atoms with Gasteiger partial charge in [0.2, 0.25) is 11.8 Å². The van der Waals surface area contributed by atoms with E-state index in [0.29, 0.717) is 49.1 Å². The van der Waals surface area contributed by atoms with Gasteiger partial charge in [-0.3, -0.25) is 19.6 Å². The molecule has 0 bridgehead atoms. The second kappa shape index (κ2) is 13.3. The highest BCUT2D eigenvalue weighted by molar-refractivity contribution is 5.98. The molecule has 1 fully saturated rings. The summed E-state index contributed by atoms with van der Waals surface area (Å²) in [6, 6.07) is 29.6. The molecule has 6 aromatic rings. The van der Waals surface area contributed by atoms with E-state index in [0.717, 1.165) is 58.1 Å². The minimum absolute atomic E-state index is 0.0312. The number of carbonyl (C=O) groups is 2. The predicted molar refractivity (Wildman–Crippen MR) is 184 cm³/mol. The van der Waals surface area contributed by atoms with Gasteiger partial charge >= 0.3 is 0 Å². The van der Waals surface area contributed by atoms with Crippen molar-refractivity contribution in [2.24, 2.45) is 0 Å². The zero-order chi connectivity index (χ0) is 32.2. The van der Waals surface area contributed by atoms with Crippen LogP contribution in [0.4, 0.5) is 22.9 Å². The van der Waals surface area contributed by atoms with E-state index in [2.05, 4.69) is 26.5 Å². The molecule has 1 aliphatic heterocycles. The number of amides is 2. The summed E-state index contributed by atoms with van der Waals surface area (Å²) in [6.45, 7) is 3.69. The number of benzene rings is 4. The second-order valence-corrected chi connectivity index (χ2v) is 11.6. The van der Waals surface area contributed by atoms with Gasteiger partial charge in [-0.25, -0.2) is 9.97 Å². The van der Waals surface area contributed by atoms with Crippen molar-refractivity contribution >= 4 is 56.5 Å². The Balaban J connectivity index is 1.35. The number of aromatic nitrogens is 4. The monoisotopic (exact) mass is 625 g/mol. The molecule has 0 saturated carbocycles. The number of likely N-dealkylation sites (tertiary alicyclic amines) is 1. The van der Waals surface area contributed by atoms with Gasteiger partial charge in [-0.2, -0.15) is 5.10 Å². The molecule has 1 saturated heterocycles. The van der Waals surface area contributed by atoms with Crippen LogP contribution in [0.3, 0.4) is 0 Å². The third kappa shape index (κ3) is 6.48. The Morgan fingerprint density at radius 2 is 1.87 bits per heavy atom. The molecule has 2 aromatic heterocycles.